The van der Waals surface area contributed by atoms with Gasteiger partial charge in [0.25, 0.3) is 0 Å². The number of nitrogen functional groups attached to an aromatic ring is 1. The highest BCUT2D eigenvalue weighted by atomic mass is 16.3. The first kappa shape index (κ1) is 13.9. The molecule has 2 rings (SSSR count). The van der Waals surface area contributed by atoms with Gasteiger partial charge in [0.2, 0.25) is 0 Å². The van der Waals surface area contributed by atoms with E-state index >= 15 is 0 Å². The second kappa shape index (κ2) is 7.17. The minimum Gasteiger partial charge on any atom is -0.441 e. The summed E-state index contributed by atoms with van der Waals surface area (Å²) >= 11 is 0. The van der Waals surface area contributed by atoms with Crippen LogP contribution in [0.5, 0.6) is 0 Å². The third-order valence-electron chi connectivity index (χ3n) is 3.45. The molecule has 19 heavy (non-hydrogen) atoms. The summed E-state index contributed by atoms with van der Waals surface area (Å²) in [5.41, 5.74) is 8.17. The Kier molecular flexibility index (Phi) is 5.25. The summed E-state index contributed by atoms with van der Waals surface area (Å²) < 4.78 is 5.70. The van der Waals surface area contributed by atoms with E-state index in [9.17, 15) is 0 Å². The third kappa shape index (κ3) is 4.27. The van der Waals surface area contributed by atoms with Gasteiger partial charge in [0.05, 0.1) is 0 Å². The Morgan fingerprint density at radius 1 is 1.05 bits per heavy atom. The second-order valence-electron chi connectivity index (χ2n) is 5.21. The fourth-order valence-corrected chi connectivity index (χ4v) is 2.33. The van der Waals surface area contributed by atoms with Crippen molar-refractivity contribution in [3.63, 3.8) is 0 Å². The quantitative estimate of drug-likeness (QED) is 0.552. The number of aryl methyl sites for hydroxylation is 1. The first-order chi connectivity index (χ1) is 9.29. The van der Waals surface area contributed by atoms with Crippen LogP contribution in [0.3, 0.4) is 0 Å². The number of rotatable bonds is 8. The minimum absolute atomic E-state index is 0.728. The molecular weight excluding hydrogens is 236 g/mol. The van der Waals surface area contributed by atoms with E-state index in [2.05, 4.69) is 11.9 Å². The van der Waals surface area contributed by atoms with E-state index in [1.807, 2.05) is 18.2 Å². The van der Waals surface area contributed by atoms with E-state index in [0.717, 1.165) is 35.5 Å². The lowest BCUT2D eigenvalue weighted by molar-refractivity contribution is 0.504. The molecule has 0 saturated carbocycles. The number of fused-ring (bicyclic) bond motifs is 1. The minimum atomic E-state index is 0.728. The highest BCUT2D eigenvalue weighted by molar-refractivity contribution is 5.76. The van der Waals surface area contributed by atoms with Gasteiger partial charge in [-0.2, -0.15) is 0 Å². The maximum absolute atomic E-state index is 5.72. The largest absolute Gasteiger partial charge is 0.441 e. The SMILES string of the molecule is CCCCCCCCCc1nc2ccc(N)cc2o1. The molecular formula is C16H24N2O. The van der Waals surface area contributed by atoms with Crippen molar-refractivity contribution in [1.29, 1.82) is 0 Å². The molecule has 0 saturated heterocycles. The molecule has 3 heteroatoms. The van der Waals surface area contributed by atoms with Gasteiger partial charge in [-0.25, -0.2) is 4.98 Å². The fraction of sp³-hybridized carbons (Fsp3) is 0.562. The van der Waals surface area contributed by atoms with E-state index in [-0.39, 0.29) is 0 Å². The molecule has 0 spiro atoms. The fourth-order valence-electron chi connectivity index (χ4n) is 2.33. The molecule has 0 unspecified atom stereocenters. The summed E-state index contributed by atoms with van der Waals surface area (Å²) in [6.45, 7) is 2.25. The molecule has 0 fully saturated rings. The molecule has 1 aromatic carbocycles. The van der Waals surface area contributed by atoms with Gasteiger partial charge in [-0.15, -0.1) is 0 Å². The van der Waals surface area contributed by atoms with Crippen molar-refractivity contribution >= 4 is 16.8 Å². The average Bonchev–Trinajstić information content (AvgIpc) is 2.79. The van der Waals surface area contributed by atoms with Crippen LogP contribution in [-0.2, 0) is 6.42 Å². The molecule has 0 amide bonds. The van der Waals surface area contributed by atoms with Crippen LogP contribution in [0.1, 0.15) is 57.8 Å². The van der Waals surface area contributed by atoms with Crippen molar-refractivity contribution in [2.24, 2.45) is 0 Å². The number of anilines is 1. The van der Waals surface area contributed by atoms with Crippen LogP contribution in [0.25, 0.3) is 11.1 Å². The Bertz CT molecular complexity index is 504. The number of unbranched alkanes of at least 4 members (excludes halogenated alkanes) is 6. The van der Waals surface area contributed by atoms with Crippen LogP contribution in [-0.4, -0.2) is 4.98 Å². The second-order valence-corrected chi connectivity index (χ2v) is 5.21. The van der Waals surface area contributed by atoms with Gasteiger partial charge in [0.15, 0.2) is 11.5 Å². The lowest BCUT2D eigenvalue weighted by atomic mass is 10.1. The molecule has 0 radical (unpaired) electrons. The van der Waals surface area contributed by atoms with Gasteiger partial charge in [0.1, 0.15) is 5.52 Å². The molecule has 0 aliphatic rings. The molecule has 2 N–H and O–H groups in total. The Hall–Kier alpha value is -1.51. The molecule has 0 aliphatic carbocycles. The number of benzene rings is 1. The van der Waals surface area contributed by atoms with Crippen molar-refractivity contribution in [3.8, 4) is 0 Å². The monoisotopic (exact) mass is 260 g/mol. The number of aromatic nitrogens is 1. The zero-order chi connectivity index (χ0) is 13.5. The normalized spacial score (nSPS) is 11.2. The molecule has 0 bridgehead atoms. The van der Waals surface area contributed by atoms with Crippen LogP contribution in [0, 0.1) is 0 Å². The van der Waals surface area contributed by atoms with E-state index in [4.69, 9.17) is 10.2 Å². The van der Waals surface area contributed by atoms with Crippen LogP contribution in [0.2, 0.25) is 0 Å². The molecule has 0 aliphatic heterocycles. The number of hydrogen-bond donors (Lipinski definition) is 1. The van der Waals surface area contributed by atoms with E-state index < -0.39 is 0 Å². The average molecular weight is 260 g/mol. The Labute approximate surface area is 115 Å². The summed E-state index contributed by atoms with van der Waals surface area (Å²) in [6, 6.07) is 5.63. The van der Waals surface area contributed by atoms with Gasteiger partial charge in [0, 0.05) is 18.2 Å². The topological polar surface area (TPSA) is 52.0 Å². The number of nitrogens with two attached hydrogens (primary N) is 1. The van der Waals surface area contributed by atoms with Crippen LogP contribution in [0.4, 0.5) is 5.69 Å². The van der Waals surface area contributed by atoms with Gasteiger partial charge in [-0.3, -0.25) is 0 Å². The molecule has 3 nitrogen and oxygen atoms in total. The maximum Gasteiger partial charge on any atom is 0.195 e. The summed E-state index contributed by atoms with van der Waals surface area (Å²) in [5.74, 6) is 0.842. The highest BCUT2D eigenvalue weighted by Crippen LogP contribution is 2.19. The number of hydrogen-bond acceptors (Lipinski definition) is 3. The predicted octanol–water partition coefficient (Wildman–Crippen LogP) is 4.70. The third-order valence-corrected chi connectivity index (χ3v) is 3.45. The van der Waals surface area contributed by atoms with Crippen molar-refractivity contribution in [2.75, 3.05) is 5.73 Å². The summed E-state index contributed by atoms with van der Waals surface area (Å²) in [7, 11) is 0. The first-order valence-corrected chi connectivity index (χ1v) is 7.44. The Morgan fingerprint density at radius 2 is 1.79 bits per heavy atom. The summed E-state index contributed by atoms with van der Waals surface area (Å²) in [5, 5.41) is 0. The van der Waals surface area contributed by atoms with Crippen LogP contribution < -0.4 is 5.73 Å². The van der Waals surface area contributed by atoms with Gasteiger partial charge >= 0.3 is 0 Å². The van der Waals surface area contributed by atoms with Crippen molar-refractivity contribution in [2.45, 2.75) is 58.3 Å². The summed E-state index contributed by atoms with van der Waals surface area (Å²) in [6.07, 6.45) is 10.1. The lowest BCUT2D eigenvalue weighted by Crippen LogP contribution is -1.86. The predicted molar refractivity (Wildman–Crippen MR) is 80.1 cm³/mol. The maximum atomic E-state index is 5.72. The molecule has 2 aromatic rings. The van der Waals surface area contributed by atoms with E-state index in [1.165, 1.54) is 38.5 Å². The first-order valence-electron chi connectivity index (χ1n) is 7.44. The molecule has 104 valence electrons. The van der Waals surface area contributed by atoms with E-state index in [1.54, 1.807) is 0 Å². The molecule has 1 aromatic heterocycles. The Balaban J connectivity index is 1.72. The van der Waals surface area contributed by atoms with Crippen molar-refractivity contribution in [1.82, 2.24) is 4.98 Å². The molecule has 1 heterocycles. The van der Waals surface area contributed by atoms with Crippen LogP contribution in [0.15, 0.2) is 22.6 Å². The van der Waals surface area contributed by atoms with Crippen LogP contribution >= 0.6 is 0 Å². The highest BCUT2D eigenvalue weighted by Gasteiger charge is 2.05. The van der Waals surface area contributed by atoms with Crippen molar-refractivity contribution < 1.29 is 4.42 Å². The summed E-state index contributed by atoms with van der Waals surface area (Å²) in [4.78, 5) is 4.48. The number of nitrogens with zero attached hydrogens (tertiary/aromatic N) is 1. The number of oxazole rings is 1. The van der Waals surface area contributed by atoms with Crippen molar-refractivity contribution in [3.05, 3.63) is 24.1 Å². The zero-order valence-corrected chi connectivity index (χ0v) is 11.8. The van der Waals surface area contributed by atoms with E-state index in [0.29, 0.717) is 0 Å². The molecule has 0 atom stereocenters. The van der Waals surface area contributed by atoms with Gasteiger partial charge < -0.3 is 10.2 Å². The Morgan fingerprint density at radius 3 is 2.58 bits per heavy atom. The zero-order valence-electron chi connectivity index (χ0n) is 11.8. The van der Waals surface area contributed by atoms with Gasteiger partial charge in [-0.05, 0) is 18.6 Å². The smallest absolute Gasteiger partial charge is 0.195 e. The van der Waals surface area contributed by atoms with Gasteiger partial charge in [-0.1, -0.05) is 45.4 Å². The standard InChI is InChI=1S/C16H24N2O/c1-2-3-4-5-6-7-8-9-16-18-14-11-10-13(17)12-15(14)19-16/h10-12H,2-9,17H2,1H3. The lowest BCUT2D eigenvalue weighted by Gasteiger charge is -1.99.